The van der Waals surface area contributed by atoms with E-state index in [1.54, 1.807) is 0 Å². The minimum absolute atomic E-state index is 0.0614. The van der Waals surface area contributed by atoms with Gasteiger partial charge < -0.3 is 0 Å². The molecule has 4 aromatic rings. The standard InChI is InChI=1S/C24H19N/c1-24(2)21-15-18-11-7-6-10-17(18)14-20(21)19-12-13-25-23(22(19)24)16-8-4-3-5-9-16/h3-15H,1-2H3. The Morgan fingerprint density at radius 3 is 2.16 bits per heavy atom. The van der Waals surface area contributed by atoms with Gasteiger partial charge in [0, 0.05) is 17.2 Å². The summed E-state index contributed by atoms with van der Waals surface area (Å²) < 4.78 is 0. The maximum atomic E-state index is 4.77. The van der Waals surface area contributed by atoms with Gasteiger partial charge in [0.15, 0.2) is 0 Å². The third kappa shape index (κ3) is 1.99. The van der Waals surface area contributed by atoms with E-state index in [0.29, 0.717) is 0 Å². The quantitative estimate of drug-likeness (QED) is 0.406. The van der Waals surface area contributed by atoms with E-state index in [2.05, 4.69) is 86.6 Å². The number of fused-ring (bicyclic) bond motifs is 4. The zero-order valence-corrected chi connectivity index (χ0v) is 14.5. The van der Waals surface area contributed by atoms with Crippen LogP contribution in [0.3, 0.4) is 0 Å². The smallest absolute Gasteiger partial charge is 0.0748 e. The van der Waals surface area contributed by atoms with Gasteiger partial charge in [0.1, 0.15) is 0 Å². The molecule has 1 aliphatic carbocycles. The van der Waals surface area contributed by atoms with Crippen LogP contribution in [0.5, 0.6) is 0 Å². The number of nitrogens with zero attached hydrogens (tertiary/aromatic N) is 1. The second kappa shape index (κ2) is 5.03. The van der Waals surface area contributed by atoms with E-state index in [-0.39, 0.29) is 5.41 Å². The third-order valence-electron chi connectivity index (χ3n) is 5.47. The van der Waals surface area contributed by atoms with Gasteiger partial charge in [0.05, 0.1) is 5.69 Å². The largest absolute Gasteiger partial charge is 0.256 e. The topological polar surface area (TPSA) is 12.9 Å². The summed E-state index contributed by atoms with van der Waals surface area (Å²) in [5, 5.41) is 2.60. The highest BCUT2D eigenvalue weighted by Crippen LogP contribution is 2.52. The van der Waals surface area contributed by atoms with Crippen molar-refractivity contribution in [3.8, 4) is 22.4 Å². The SMILES string of the molecule is CC1(C)c2cc3ccccc3cc2-c2ccnc(-c3ccccc3)c21. The molecule has 1 nitrogen and oxygen atoms in total. The molecule has 0 aliphatic heterocycles. The predicted molar refractivity (Wildman–Crippen MR) is 105 cm³/mol. The van der Waals surface area contributed by atoms with Crippen molar-refractivity contribution in [3.05, 3.63) is 90.1 Å². The first-order valence-electron chi connectivity index (χ1n) is 8.75. The molecule has 0 bridgehead atoms. The summed E-state index contributed by atoms with van der Waals surface area (Å²) in [4.78, 5) is 4.77. The number of benzene rings is 3. The first-order chi connectivity index (χ1) is 12.2. The summed E-state index contributed by atoms with van der Waals surface area (Å²) in [6, 6.07) is 26.0. The fourth-order valence-corrected chi connectivity index (χ4v) is 4.25. The highest BCUT2D eigenvalue weighted by Gasteiger charge is 2.38. The van der Waals surface area contributed by atoms with Crippen LogP contribution in [0.1, 0.15) is 25.0 Å². The molecule has 120 valence electrons. The van der Waals surface area contributed by atoms with Crippen LogP contribution >= 0.6 is 0 Å². The van der Waals surface area contributed by atoms with Crippen LogP contribution in [-0.2, 0) is 5.41 Å². The average molecular weight is 321 g/mol. The van der Waals surface area contributed by atoms with E-state index in [4.69, 9.17) is 4.98 Å². The van der Waals surface area contributed by atoms with E-state index in [1.807, 2.05) is 6.20 Å². The molecule has 0 amide bonds. The highest BCUT2D eigenvalue weighted by molar-refractivity contribution is 5.95. The zero-order chi connectivity index (χ0) is 17.0. The Morgan fingerprint density at radius 1 is 0.720 bits per heavy atom. The van der Waals surface area contributed by atoms with Crippen molar-refractivity contribution in [3.63, 3.8) is 0 Å². The van der Waals surface area contributed by atoms with Crippen LogP contribution in [-0.4, -0.2) is 4.98 Å². The van der Waals surface area contributed by atoms with E-state index in [9.17, 15) is 0 Å². The molecule has 5 rings (SSSR count). The molecular weight excluding hydrogens is 302 g/mol. The fourth-order valence-electron chi connectivity index (χ4n) is 4.25. The van der Waals surface area contributed by atoms with Crippen LogP contribution in [0.15, 0.2) is 79.0 Å². The predicted octanol–water partition coefficient (Wildman–Crippen LogP) is 6.21. The molecule has 1 heteroatoms. The molecule has 0 N–H and O–H groups in total. The Kier molecular flexibility index (Phi) is 2.90. The van der Waals surface area contributed by atoms with Crippen molar-refractivity contribution in [1.29, 1.82) is 0 Å². The summed E-state index contributed by atoms with van der Waals surface area (Å²) in [6.07, 6.45) is 1.95. The van der Waals surface area contributed by atoms with Crippen LogP contribution < -0.4 is 0 Å². The molecule has 3 aromatic carbocycles. The number of aromatic nitrogens is 1. The van der Waals surface area contributed by atoms with Gasteiger partial charge in [0.2, 0.25) is 0 Å². The molecule has 0 saturated heterocycles. The Morgan fingerprint density at radius 2 is 1.40 bits per heavy atom. The third-order valence-corrected chi connectivity index (χ3v) is 5.47. The highest BCUT2D eigenvalue weighted by atomic mass is 14.7. The summed E-state index contributed by atoms with van der Waals surface area (Å²) in [5.41, 5.74) is 7.62. The lowest BCUT2D eigenvalue weighted by molar-refractivity contribution is 0.660. The Bertz CT molecular complexity index is 1110. The Labute approximate surface area is 148 Å². The molecule has 0 fully saturated rings. The molecule has 0 spiro atoms. The van der Waals surface area contributed by atoms with Crippen LogP contribution in [0.25, 0.3) is 33.2 Å². The Balaban J connectivity index is 1.85. The average Bonchev–Trinajstić information content (AvgIpc) is 2.88. The number of hydrogen-bond acceptors (Lipinski definition) is 1. The second-order valence-corrected chi connectivity index (χ2v) is 7.32. The fraction of sp³-hybridized carbons (Fsp3) is 0.125. The van der Waals surface area contributed by atoms with Crippen LogP contribution in [0.2, 0.25) is 0 Å². The van der Waals surface area contributed by atoms with Gasteiger partial charge in [-0.3, -0.25) is 4.98 Å². The molecule has 0 radical (unpaired) electrons. The maximum Gasteiger partial charge on any atom is 0.0748 e. The maximum absolute atomic E-state index is 4.77. The second-order valence-electron chi connectivity index (χ2n) is 7.32. The Hall–Kier alpha value is -2.93. The van der Waals surface area contributed by atoms with Crippen molar-refractivity contribution >= 4 is 10.8 Å². The number of pyridine rings is 1. The number of rotatable bonds is 1. The van der Waals surface area contributed by atoms with Gasteiger partial charge in [-0.05, 0) is 51.2 Å². The number of hydrogen-bond donors (Lipinski definition) is 0. The summed E-state index contributed by atoms with van der Waals surface area (Å²) in [5.74, 6) is 0. The van der Waals surface area contributed by atoms with E-state index in [0.717, 1.165) is 5.69 Å². The van der Waals surface area contributed by atoms with Crippen molar-refractivity contribution in [2.75, 3.05) is 0 Å². The zero-order valence-electron chi connectivity index (χ0n) is 14.5. The van der Waals surface area contributed by atoms with E-state index in [1.165, 1.54) is 38.6 Å². The lowest BCUT2D eigenvalue weighted by Gasteiger charge is -2.24. The van der Waals surface area contributed by atoms with Gasteiger partial charge in [-0.1, -0.05) is 68.4 Å². The van der Waals surface area contributed by atoms with Crippen molar-refractivity contribution in [2.24, 2.45) is 0 Å². The first kappa shape index (κ1) is 14.4. The lowest BCUT2D eigenvalue weighted by atomic mass is 9.80. The van der Waals surface area contributed by atoms with E-state index >= 15 is 0 Å². The summed E-state index contributed by atoms with van der Waals surface area (Å²) in [7, 11) is 0. The van der Waals surface area contributed by atoms with E-state index < -0.39 is 0 Å². The van der Waals surface area contributed by atoms with Crippen molar-refractivity contribution in [1.82, 2.24) is 4.98 Å². The minimum Gasteiger partial charge on any atom is -0.256 e. The normalized spacial score (nSPS) is 14.3. The molecule has 1 aliphatic rings. The summed E-state index contributed by atoms with van der Waals surface area (Å²) in [6.45, 7) is 4.64. The first-order valence-corrected chi connectivity index (χ1v) is 8.75. The van der Waals surface area contributed by atoms with Crippen molar-refractivity contribution < 1.29 is 0 Å². The monoisotopic (exact) mass is 321 g/mol. The minimum atomic E-state index is -0.0614. The molecule has 25 heavy (non-hydrogen) atoms. The summed E-state index contributed by atoms with van der Waals surface area (Å²) >= 11 is 0. The molecule has 0 saturated carbocycles. The molecule has 0 atom stereocenters. The van der Waals surface area contributed by atoms with Crippen molar-refractivity contribution in [2.45, 2.75) is 19.3 Å². The van der Waals surface area contributed by atoms with Gasteiger partial charge in [-0.2, -0.15) is 0 Å². The van der Waals surface area contributed by atoms with Crippen LogP contribution in [0, 0.1) is 0 Å². The molecular formula is C24H19N. The molecule has 1 aromatic heterocycles. The van der Waals surface area contributed by atoms with Gasteiger partial charge in [0.25, 0.3) is 0 Å². The lowest BCUT2D eigenvalue weighted by Crippen LogP contribution is -2.16. The van der Waals surface area contributed by atoms with Gasteiger partial charge >= 0.3 is 0 Å². The molecule has 0 unspecified atom stereocenters. The van der Waals surface area contributed by atoms with Gasteiger partial charge in [-0.15, -0.1) is 0 Å². The molecule has 1 heterocycles. The van der Waals surface area contributed by atoms with Gasteiger partial charge in [-0.25, -0.2) is 0 Å². The van der Waals surface area contributed by atoms with Crippen LogP contribution in [0.4, 0.5) is 0 Å².